The molecule has 1 aromatic heterocycles. The van der Waals surface area contributed by atoms with Crippen LogP contribution in [0.3, 0.4) is 0 Å². The van der Waals surface area contributed by atoms with Gasteiger partial charge < -0.3 is 4.57 Å². The second-order valence-corrected chi connectivity index (χ2v) is 6.91. The van der Waals surface area contributed by atoms with Gasteiger partial charge in [0.25, 0.3) is 0 Å². The molecule has 0 saturated heterocycles. The number of benzene rings is 1. The Kier molecular flexibility index (Phi) is 6.20. The minimum atomic E-state index is 0.933. The molecule has 0 unspecified atom stereocenters. The number of nitrogens with zero attached hydrogens (tertiary/aromatic N) is 2. The van der Waals surface area contributed by atoms with Crippen molar-refractivity contribution >= 4 is 33.8 Å². The Morgan fingerprint density at radius 3 is 2.40 bits per heavy atom. The van der Waals surface area contributed by atoms with Gasteiger partial charge in [-0.25, -0.2) is 0 Å². The van der Waals surface area contributed by atoms with Gasteiger partial charge in [0.05, 0.1) is 16.9 Å². The zero-order valence-electron chi connectivity index (χ0n) is 12.5. The van der Waals surface area contributed by atoms with Crippen LogP contribution in [0.25, 0.3) is 10.2 Å². The first-order valence-corrected chi connectivity index (χ1v) is 8.79. The van der Waals surface area contributed by atoms with Crippen LogP contribution in [0.4, 0.5) is 0 Å². The zero-order chi connectivity index (χ0) is 14.4. The first kappa shape index (κ1) is 15.7. The van der Waals surface area contributed by atoms with Crippen LogP contribution < -0.4 is 0 Å². The van der Waals surface area contributed by atoms with E-state index < -0.39 is 0 Å². The van der Waals surface area contributed by atoms with Gasteiger partial charge in [0.1, 0.15) is 0 Å². The number of fused-ring (bicyclic) bond motifs is 1. The molecule has 0 amide bonds. The first-order chi connectivity index (χ1) is 9.76. The highest BCUT2D eigenvalue weighted by Gasteiger charge is 2.09. The summed E-state index contributed by atoms with van der Waals surface area (Å²) in [6.07, 6.45) is 5.02. The molecule has 20 heavy (non-hydrogen) atoms. The summed E-state index contributed by atoms with van der Waals surface area (Å²) in [5, 5.41) is 0. The van der Waals surface area contributed by atoms with Crippen molar-refractivity contribution in [3.05, 3.63) is 28.2 Å². The Morgan fingerprint density at radius 2 is 1.75 bits per heavy atom. The second kappa shape index (κ2) is 7.91. The van der Waals surface area contributed by atoms with E-state index in [4.69, 9.17) is 12.2 Å². The maximum Gasteiger partial charge on any atom is 0.163 e. The summed E-state index contributed by atoms with van der Waals surface area (Å²) >= 11 is 7.27. The predicted molar refractivity (Wildman–Crippen MR) is 92.0 cm³/mol. The van der Waals surface area contributed by atoms with Crippen LogP contribution in [-0.4, -0.2) is 22.6 Å². The third-order valence-corrected chi connectivity index (χ3v) is 5.00. The highest BCUT2D eigenvalue weighted by molar-refractivity contribution is 7.73. The predicted octanol–water partition coefficient (Wildman–Crippen LogP) is 5.29. The minimum absolute atomic E-state index is 0.933. The number of unbranched alkanes of at least 4 members (excludes halogenated alkanes) is 2. The Hall–Kier alpha value is -0.710. The SMILES string of the molecule is CCCCN(CCCC)Cn1c(=S)sc2ccccc21. The van der Waals surface area contributed by atoms with Crippen molar-refractivity contribution in [2.45, 2.75) is 46.2 Å². The average Bonchev–Trinajstić information content (AvgIpc) is 2.78. The molecule has 2 aromatic rings. The van der Waals surface area contributed by atoms with Crippen molar-refractivity contribution in [3.8, 4) is 0 Å². The lowest BCUT2D eigenvalue weighted by Crippen LogP contribution is -2.28. The Bertz CT molecular complexity index is 577. The molecule has 0 aliphatic carbocycles. The number of thiazole rings is 1. The molecule has 0 fully saturated rings. The molecular weight excluding hydrogens is 284 g/mol. The van der Waals surface area contributed by atoms with E-state index in [9.17, 15) is 0 Å². The lowest BCUT2D eigenvalue weighted by molar-refractivity contribution is 0.215. The van der Waals surface area contributed by atoms with Gasteiger partial charge in [0.15, 0.2) is 3.95 Å². The maximum absolute atomic E-state index is 5.55. The van der Waals surface area contributed by atoms with Gasteiger partial charge in [-0.05, 0) is 50.3 Å². The van der Waals surface area contributed by atoms with Crippen LogP contribution in [0.2, 0.25) is 0 Å². The van der Waals surface area contributed by atoms with Crippen LogP contribution in [0.15, 0.2) is 24.3 Å². The number of para-hydroxylation sites is 1. The topological polar surface area (TPSA) is 8.17 Å². The highest BCUT2D eigenvalue weighted by atomic mass is 32.1. The lowest BCUT2D eigenvalue weighted by Gasteiger charge is -2.22. The summed E-state index contributed by atoms with van der Waals surface area (Å²) < 4.78 is 4.58. The van der Waals surface area contributed by atoms with Gasteiger partial charge >= 0.3 is 0 Å². The van der Waals surface area contributed by atoms with Gasteiger partial charge in [-0.2, -0.15) is 0 Å². The quantitative estimate of drug-likeness (QED) is 0.612. The van der Waals surface area contributed by atoms with Gasteiger partial charge in [-0.15, -0.1) is 11.3 Å². The first-order valence-electron chi connectivity index (χ1n) is 7.57. The monoisotopic (exact) mass is 308 g/mol. The summed E-state index contributed by atoms with van der Waals surface area (Å²) in [4.78, 5) is 2.54. The zero-order valence-corrected chi connectivity index (χ0v) is 14.1. The molecule has 0 spiro atoms. The Balaban J connectivity index is 2.18. The summed E-state index contributed by atoms with van der Waals surface area (Å²) in [6, 6.07) is 8.53. The highest BCUT2D eigenvalue weighted by Crippen LogP contribution is 2.23. The molecule has 0 bridgehead atoms. The van der Waals surface area contributed by atoms with Crippen LogP contribution in [-0.2, 0) is 6.67 Å². The summed E-state index contributed by atoms with van der Waals surface area (Å²) in [5.74, 6) is 0. The molecular formula is C16H24N2S2. The van der Waals surface area contributed by atoms with E-state index in [0.29, 0.717) is 0 Å². The van der Waals surface area contributed by atoms with E-state index >= 15 is 0 Å². The van der Waals surface area contributed by atoms with Gasteiger partial charge in [-0.3, -0.25) is 4.90 Å². The van der Waals surface area contributed by atoms with Crippen molar-refractivity contribution in [2.75, 3.05) is 13.1 Å². The number of rotatable bonds is 8. The van der Waals surface area contributed by atoms with E-state index in [1.54, 1.807) is 11.3 Å². The van der Waals surface area contributed by atoms with Crippen molar-refractivity contribution in [1.82, 2.24) is 9.47 Å². The standard InChI is InChI=1S/C16H24N2S2/c1-3-5-11-17(12-6-4-2)13-18-14-9-7-8-10-15(14)20-16(18)19/h7-10H,3-6,11-13H2,1-2H3. The fourth-order valence-electron chi connectivity index (χ4n) is 2.36. The largest absolute Gasteiger partial charge is 0.309 e. The van der Waals surface area contributed by atoms with E-state index in [-0.39, 0.29) is 0 Å². The molecule has 0 aliphatic heterocycles. The van der Waals surface area contributed by atoms with Crippen molar-refractivity contribution < 1.29 is 0 Å². The molecule has 1 aromatic carbocycles. The van der Waals surface area contributed by atoms with Crippen LogP contribution in [0, 0.1) is 3.95 Å². The Labute approximate surface area is 131 Å². The van der Waals surface area contributed by atoms with Gasteiger partial charge in [0, 0.05) is 0 Å². The molecule has 0 aliphatic rings. The minimum Gasteiger partial charge on any atom is -0.309 e. The van der Waals surface area contributed by atoms with E-state index in [1.165, 1.54) is 49.0 Å². The molecule has 0 atom stereocenters. The third-order valence-electron chi connectivity index (χ3n) is 3.57. The molecule has 4 heteroatoms. The Morgan fingerprint density at radius 1 is 1.10 bits per heavy atom. The number of hydrogen-bond acceptors (Lipinski definition) is 3. The van der Waals surface area contributed by atoms with Crippen molar-refractivity contribution in [1.29, 1.82) is 0 Å². The average molecular weight is 309 g/mol. The maximum atomic E-state index is 5.55. The number of hydrogen-bond donors (Lipinski definition) is 0. The molecule has 1 heterocycles. The van der Waals surface area contributed by atoms with Crippen LogP contribution in [0.1, 0.15) is 39.5 Å². The summed E-state index contributed by atoms with van der Waals surface area (Å²) in [7, 11) is 0. The van der Waals surface area contributed by atoms with Crippen LogP contribution in [0.5, 0.6) is 0 Å². The molecule has 2 nitrogen and oxygen atoms in total. The van der Waals surface area contributed by atoms with E-state index in [0.717, 1.165) is 10.6 Å². The number of aromatic nitrogens is 1. The van der Waals surface area contributed by atoms with Gasteiger partial charge in [-0.1, -0.05) is 38.8 Å². The van der Waals surface area contributed by atoms with Crippen LogP contribution >= 0.6 is 23.6 Å². The fourth-order valence-corrected chi connectivity index (χ4v) is 3.67. The van der Waals surface area contributed by atoms with Crippen molar-refractivity contribution in [3.63, 3.8) is 0 Å². The van der Waals surface area contributed by atoms with E-state index in [1.807, 2.05) is 0 Å². The third kappa shape index (κ3) is 3.90. The summed E-state index contributed by atoms with van der Waals surface area (Å²) in [6.45, 7) is 7.78. The van der Waals surface area contributed by atoms with Crippen molar-refractivity contribution in [2.24, 2.45) is 0 Å². The molecule has 0 N–H and O–H groups in total. The molecule has 2 rings (SSSR count). The van der Waals surface area contributed by atoms with Gasteiger partial charge in [0.2, 0.25) is 0 Å². The molecule has 110 valence electrons. The smallest absolute Gasteiger partial charge is 0.163 e. The summed E-state index contributed by atoms with van der Waals surface area (Å²) in [5.41, 5.74) is 1.28. The normalized spacial score (nSPS) is 11.6. The van der Waals surface area contributed by atoms with E-state index in [2.05, 4.69) is 47.6 Å². The molecule has 0 radical (unpaired) electrons. The lowest BCUT2D eigenvalue weighted by atomic mass is 10.3. The molecule has 0 saturated carbocycles. The fraction of sp³-hybridized carbons (Fsp3) is 0.562. The second-order valence-electron chi connectivity index (χ2n) is 5.23.